The van der Waals surface area contributed by atoms with Gasteiger partial charge in [0.25, 0.3) is 0 Å². The highest BCUT2D eigenvalue weighted by atomic mass is 19.2. The van der Waals surface area contributed by atoms with Crippen LogP contribution in [0, 0.1) is 110 Å². The zero-order valence-electron chi connectivity index (χ0n) is 24.1. The van der Waals surface area contributed by atoms with E-state index in [2.05, 4.69) is 9.97 Å². The molecular weight excluding hydrogens is 667 g/mol. The van der Waals surface area contributed by atoms with Crippen molar-refractivity contribution < 1.29 is 39.5 Å². The zero-order chi connectivity index (χ0) is 36.5. The number of nitrogens with zero attached hydrogens (tertiary/aromatic N) is 8. The highest BCUT2D eigenvalue weighted by molar-refractivity contribution is 6.12. The highest BCUT2D eigenvalue weighted by Gasteiger charge is 2.45. The van der Waals surface area contributed by atoms with Crippen LogP contribution in [0.3, 0.4) is 0 Å². The maximum absolute atomic E-state index is 15.6. The summed E-state index contributed by atoms with van der Waals surface area (Å²) >= 11 is 0. The molecule has 0 spiro atoms. The molecule has 49 heavy (non-hydrogen) atoms. The Hall–Kier alpha value is -6.95. The van der Waals surface area contributed by atoms with Crippen molar-refractivity contribution in [1.82, 2.24) is 9.97 Å². The molecule has 1 aliphatic rings. The van der Waals surface area contributed by atoms with Crippen molar-refractivity contribution in [3.8, 4) is 36.4 Å². The van der Waals surface area contributed by atoms with Gasteiger partial charge in [0.15, 0.2) is 34.9 Å². The lowest BCUT2D eigenvalue weighted by Gasteiger charge is -2.10. The SMILES string of the molecule is Cc1c(F)c(C(C#N)=C2C(=C(C#N)c3c(CF)nc(CF)nc3CF)C2=C(C#N)c2c(F)c(F)c(C#N)c(C#N)c2F)c(F)c(F)c1C#N. The first-order valence-electron chi connectivity index (χ1n) is 13.0. The lowest BCUT2D eigenvalue weighted by atomic mass is 9.95. The maximum atomic E-state index is 15.6. The Kier molecular flexibility index (Phi) is 9.56. The molecule has 2 aromatic carbocycles. The van der Waals surface area contributed by atoms with E-state index in [1.807, 2.05) is 0 Å². The maximum Gasteiger partial charge on any atom is 0.178 e. The Balaban J connectivity index is 2.37. The summed E-state index contributed by atoms with van der Waals surface area (Å²) in [5, 5.41) is 58.0. The average Bonchev–Trinajstić information content (AvgIpc) is 3.83. The number of nitriles is 6. The van der Waals surface area contributed by atoms with E-state index in [4.69, 9.17) is 10.5 Å². The minimum atomic E-state index is -2.25. The molecule has 0 saturated heterocycles. The number of benzene rings is 2. The van der Waals surface area contributed by atoms with Gasteiger partial charge >= 0.3 is 0 Å². The van der Waals surface area contributed by atoms with Gasteiger partial charge in [-0.15, -0.1) is 0 Å². The summed E-state index contributed by atoms with van der Waals surface area (Å²) in [5.74, 6) is -13.0. The van der Waals surface area contributed by atoms with Crippen LogP contribution in [0.15, 0.2) is 16.7 Å². The second-order valence-corrected chi connectivity index (χ2v) is 9.61. The first kappa shape index (κ1) is 34.9. The molecule has 0 atom stereocenters. The predicted molar refractivity (Wildman–Crippen MR) is 146 cm³/mol. The summed E-state index contributed by atoms with van der Waals surface area (Å²) in [5.41, 5.74) is -17.0. The van der Waals surface area contributed by atoms with Crippen LogP contribution < -0.4 is 0 Å². The monoisotopic (exact) mass is 676 g/mol. The van der Waals surface area contributed by atoms with Gasteiger partial charge in [-0.25, -0.2) is 49.5 Å². The van der Waals surface area contributed by atoms with E-state index in [1.54, 1.807) is 0 Å². The Morgan fingerprint density at radius 1 is 0.490 bits per heavy atom. The normalized spacial score (nSPS) is 14.8. The van der Waals surface area contributed by atoms with Gasteiger partial charge in [-0.05, 0) is 6.92 Å². The fraction of sp³-hybridized carbons (Fsp3) is 0.125. The molecule has 4 rings (SSSR count). The molecule has 0 amide bonds. The molecule has 1 heterocycles. The molecule has 0 bridgehead atoms. The van der Waals surface area contributed by atoms with Crippen molar-refractivity contribution in [3.05, 3.63) is 108 Å². The minimum Gasteiger partial charge on any atom is -0.244 e. The fourth-order valence-electron chi connectivity index (χ4n) is 5.02. The number of allylic oxidation sites excluding steroid dienone is 6. The number of alkyl halides is 3. The molecular formula is C32H9F9N8. The van der Waals surface area contributed by atoms with Crippen molar-refractivity contribution in [2.45, 2.75) is 26.9 Å². The van der Waals surface area contributed by atoms with Crippen molar-refractivity contribution in [2.75, 3.05) is 0 Å². The first-order chi connectivity index (χ1) is 23.4. The summed E-state index contributed by atoms with van der Waals surface area (Å²) in [6.45, 7) is -3.90. The number of halogens is 9. The summed E-state index contributed by atoms with van der Waals surface area (Å²) in [6.07, 6.45) is 0. The van der Waals surface area contributed by atoms with Gasteiger partial charge in [0, 0.05) is 27.8 Å². The van der Waals surface area contributed by atoms with Crippen LogP contribution in [-0.2, 0) is 20.0 Å². The fourth-order valence-corrected chi connectivity index (χ4v) is 5.02. The zero-order valence-corrected chi connectivity index (χ0v) is 24.1. The quantitative estimate of drug-likeness (QED) is 0.154. The van der Waals surface area contributed by atoms with Crippen LogP contribution >= 0.6 is 0 Å². The van der Waals surface area contributed by atoms with E-state index < -0.39 is 145 Å². The van der Waals surface area contributed by atoms with Gasteiger partial charge in [-0.1, -0.05) is 0 Å². The van der Waals surface area contributed by atoms with Crippen LogP contribution in [0.1, 0.15) is 56.2 Å². The molecule has 240 valence electrons. The molecule has 1 aliphatic carbocycles. The molecule has 0 N–H and O–H groups in total. The van der Waals surface area contributed by atoms with E-state index in [-0.39, 0.29) is 0 Å². The Morgan fingerprint density at radius 3 is 1.22 bits per heavy atom. The molecule has 1 fully saturated rings. The Bertz CT molecular complexity index is 2330. The lowest BCUT2D eigenvalue weighted by molar-refractivity contribution is 0.433. The third-order valence-corrected chi connectivity index (χ3v) is 7.21. The summed E-state index contributed by atoms with van der Waals surface area (Å²) in [6, 6.07) is 7.45. The smallest absolute Gasteiger partial charge is 0.178 e. The summed E-state index contributed by atoms with van der Waals surface area (Å²) in [7, 11) is 0. The molecule has 1 aromatic heterocycles. The molecule has 0 unspecified atom stereocenters. The van der Waals surface area contributed by atoms with E-state index in [1.165, 1.54) is 24.3 Å². The van der Waals surface area contributed by atoms with Gasteiger partial charge in [-0.3, -0.25) is 0 Å². The lowest BCUT2D eigenvalue weighted by Crippen LogP contribution is -2.08. The largest absolute Gasteiger partial charge is 0.244 e. The Labute approximate surface area is 269 Å². The van der Waals surface area contributed by atoms with E-state index in [0.717, 1.165) is 19.1 Å². The van der Waals surface area contributed by atoms with E-state index >= 15 is 17.6 Å². The standard InChI is InChI=1S/C32H9F9N8/c1-11-12(5-42)29(38)31(40)25(27(11)36)16(9-46)23-22(15(8-45)21-18(2-33)48-20(4-35)49-19(21)3-34)24(23)17(10-47)26-28(37)13(6-43)14(7-44)30(39)32(26)41/h2-4H2,1H3. The third-order valence-electron chi connectivity index (χ3n) is 7.21. The van der Waals surface area contributed by atoms with Crippen molar-refractivity contribution in [3.63, 3.8) is 0 Å². The van der Waals surface area contributed by atoms with E-state index in [0.29, 0.717) is 0 Å². The molecule has 17 heteroatoms. The van der Waals surface area contributed by atoms with Gasteiger partial charge < -0.3 is 0 Å². The minimum absolute atomic E-state index is 0.752. The predicted octanol–water partition coefficient (Wildman–Crippen LogP) is 6.89. The van der Waals surface area contributed by atoms with Crippen LogP contribution in [0.5, 0.6) is 0 Å². The second-order valence-electron chi connectivity index (χ2n) is 9.61. The molecule has 0 radical (unpaired) electrons. The molecule has 3 aromatic rings. The van der Waals surface area contributed by atoms with Gasteiger partial charge in [0.1, 0.15) is 73.4 Å². The Morgan fingerprint density at radius 2 is 0.857 bits per heavy atom. The summed E-state index contributed by atoms with van der Waals surface area (Å²) in [4.78, 5) is 7.07. The van der Waals surface area contributed by atoms with Crippen LogP contribution in [0.4, 0.5) is 39.5 Å². The second kappa shape index (κ2) is 13.4. The van der Waals surface area contributed by atoms with Gasteiger partial charge in [0.2, 0.25) is 0 Å². The van der Waals surface area contributed by atoms with Crippen molar-refractivity contribution in [2.24, 2.45) is 0 Å². The molecule has 1 saturated carbocycles. The van der Waals surface area contributed by atoms with Crippen LogP contribution in [0.25, 0.3) is 16.7 Å². The average molecular weight is 676 g/mol. The number of hydrogen-bond donors (Lipinski definition) is 0. The topological polar surface area (TPSA) is 169 Å². The molecule has 8 nitrogen and oxygen atoms in total. The number of rotatable bonds is 6. The van der Waals surface area contributed by atoms with Crippen molar-refractivity contribution >= 4 is 16.7 Å². The third kappa shape index (κ3) is 5.26. The van der Waals surface area contributed by atoms with Crippen LogP contribution in [-0.4, -0.2) is 9.97 Å². The van der Waals surface area contributed by atoms with E-state index in [9.17, 15) is 43.0 Å². The van der Waals surface area contributed by atoms with Gasteiger partial charge in [-0.2, -0.15) is 31.6 Å². The number of hydrogen-bond acceptors (Lipinski definition) is 8. The molecule has 0 aliphatic heterocycles. The highest BCUT2D eigenvalue weighted by Crippen LogP contribution is 2.57. The van der Waals surface area contributed by atoms with Crippen LogP contribution in [0.2, 0.25) is 0 Å². The van der Waals surface area contributed by atoms with Gasteiger partial charge in [0.05, 0.1) is 44.8 Å². The summed E-state index contributed by atoms with van der Waals surface area (Å²) < 4.78 is 133. The van der Waals surface area contributed by atoms with Crippen molar-refractivity contribution in [1.29, 1.82) is 31.6 Å². The number of aromatic nitrogens is 2. The first-order valence-corrected chi connectivity index (χ1v) is 13.0.